The Balaban J connectivity index is 2.76. The molecule has 0 aliphatic rings. The zero-order valence-corrected chi connectivity index (χ0v) is 9.82. The van der Waals surface area contributed by atoms with Crippen LogP contribution in [0, 0.1) is 29.6 Å². The summed E-state index contributed by atoms with van der Waals surface area (Å²) in [7, 11) is 0. The van der Waals surface area contributed by atoms with Crippen LogP contribution in [-0.4, -0.2) is 25.6 Å². The number of hydrogen-bond donors (Lipinski definition) is 1. The minimum absolute atomic E-state index is 0.0388. The van der Waals surface area contributed by atoms with Crippen molar-refractivity contribution in [1.82, 2.24) is 14.5 Å². The second-order valence-corrected chi connectivity index (χ2v) is 3.66. The summed E-state index contributed by atoms with van der Waals surface area (Å²) < 4.78 is 1.20. The van der Waals surface area contributed by atoms with Crippen molar-refractivity contribution in [2.24, 2.45) is 0 Å². The van der Waals surface area contributed by atoms with Crippen LogP contribution in [-0.2, 0) is 0 Å². The van der Waals surface area contributed by atoms with Gasteiger partial charge in [0.05, 0.1) is 0 Å². The first-order chi connectivity index (χ1) is 9.08. The quantitative estimate of drug-likeness (QED) is 0.853. The Kier molecular flexibility index (Phi) is 2.96. The fourth-order valence-electron chi connectivity index (χ4n) is 1.59. The Morgan fingerprint density at radius 3 is 2.68 bits per heavy atom. The predicted octanol–water partition coefficient (Wildman–Crippen LogP) is 1.02. The van der Waals surface area contributed by atoms with Gasteiger partial charge in [0.1, 0.15) is 24.0 Å². The summed E-state index contributed by atoms with van der Waals surface area (Å²) in [6.07, 6.45) is 1.21. The lowest BCUT2D eigenvalue weighted by atomic mass is 10.2. The summed E-state index contributed by atoms with van der Waals surface area (Å²) in [6, 6.07) is 6.55. The molecule has 0 radical (unpaired) electrons. The van der Waals surface area contributed by atoms with Gasteiger partial charge in [-0.1, -0.05) is 0 Å². The van der Waals surface area contributed by atoms with E-state index in [0.29, 0.717) is 5.69 Å². The van der Waals surface area contributed by atoms with Crippen molar-refractivity contribution in [1.29, 1.82) is 10.5 Å². The molecule has 0 aliphatic heterocycles. The van der Waals surface area contributed by atoms with Gasteiger partial charge in [-0.3, -0.25) is 4.57 Å². The van der Waals surface area contributed by atoms with E-state index in [1.54, 1.807) is 19.1 Å². The van der Waals surface area contributed by atoms with Gasteiger partial charge in [0.15, 0.2) is 17.2 Å². The zero-order chi connectivity index (χ0) is 14.0. The lowest BCUT2D eigenvalue weighted by molar-refractivity contribution is 0.0696. The van der Waals surface area contributed by atoms with Crippen molar-refractivity contribution in [3.05, 3.63) is 41.1 Å². The number of pyridine rings is 1. The molecule has 0 atom stereocenters. The van der Waals surface area contributed by atoms with Crippen molar-refractivity contribution in [3.8, 4) is 18.0 Å². The molecule has 2 aromatic heterocycles. The third kappa shape index (κ3) is 2.01. The first-order valence-electron chi connectivity index (χ1n) is 5.17. The van der Waals surface area contributed by atoms with Gasteiger partial charge in [-0.15, -0.1) is 0 Å². The molecular weight excluding hydrogens is 246 g/mol. The molecule has 0 amide bonds. The minimum atomic E-state index is -1.17. The smallest absolute Gasteiger partial charge is 0.339 e. The summed E-state index contributed by atoms with van der Waals surface area (Å²) in [5, 5.41) is 27.0. The second-order valence-electron chi connectivity index (χ2n) is 3.66. The number of nitriles is 2. The molecule has 0 aromatic carbocycles. The van der Waals surface area contributed by atoms with E-state index in [1.807, 2.05) is 6.07 Å². The molecule has 0 saturated heterocycles. The van der Waals surface area contributed by atoms with Gasteiger partial charge in [-0.25, -0.2) is 14.8 Å². The van der Waals surface area contributed by atoms with Gasteiger partial charge >= 0.3 is 5.97 Å². The largest absolute Gasteiger partial charge is 0.478 e. The molecule has 0 fully saturated rings. The summed E-state index contributed by atoms with van der Waals surface area (Å²) in [6.45, 7) is 1.70. The SMILES string of the molecule is Cc1ccc(C(=O)O)c(-n2cnc(C#N)c2C#N)n1. The zero-order valence-electron chi connectivity index (χ0n) is 9.82. The molecule has 0 saturated carbocycles. The van der Waals surface area contributed by atoms with Crippen LogP contribution in [0.15, 0.2) is 18.5 Å². The normalized spacial score (nSPS) is 9.63. The molecule has 2 rings (SSSR count). The molecule has 0 aliphatic carbocycles. The highest BCUT2D eigenvalue weighted by Gasteiger charge is 2.18. The number of imidazole rings is 1. The van der Waals surface area contributed by atoms with E-state index in [0.717, 1.165) is 0 Å². The van der Waals surface area contributed by atoms with E-state index < -0.39 is 5.97 Å². The van der Waals surface area contributed by atoms with E-state index in [1.165, 1.54) is 17.0 Å². The van der Waals surface area contributed by atoms with Crippen LogP contribution in [0.5, 0.6) is 0 Å². The maximum absolute atomic E-state index is 11.2. The second kappa shape index (κ2) is 4.59. The number of carboxylic acids is 1. The molecule has 92 valence electrons. The van der Waals surface area contributed by atoms with E-state index in [-0.39, 0.29) is 22.8 Å². The van der Waals surface area contributed by atoms with Crippen LogP contribution >= 0.6 is 0 Å². The molecule has 2 heterocycles. The Morgan fingerprint density at radius 1 is 1.37 bits per heavy atom. The lowest BCUT2D eigenvalue weighted by Gasteiger charge is -2.07. The number of carboxylic acid groups (broad SMARTS) is 1. The van der Waals surface area contributed by atoms with Crippen molar-refractivity contribution in [3.63, 3.8) is 0 Å². The topological polar surface area (TPSA) is 116 Å². The van der Waals surface area contributed by atoms with E-state index in [9.17, 15) is 4.79 Å². The van der Waals surface area contributed by atoms with Crippen molar-refractivity contribution in [2.45, 2.75) is 6.92 Å². The maximum Gasteiger partial charge on any atom is 0.339 e. The average molecular weight is 253 g/mol. The Morgan fingerprint density at radius 2 is 2.11 bits per heavy atom. The van der Waals surface area contributed by atoms with Gasteiger partial charge in [0.2, 0.25) is 0 Å². The summed E-state index contributed by atoms with van der Waals surface area (Å²) in [5.41, 5.74) is 0.422. The molecular formula is C12H7N5O2. The van der Waals surface area contributed by atoms with Gasteiger partial charge in [-0.2, -0.15) is 10.5 Å². The van der Waals surface area contributed by atoms with Crippen molar-refractivity contribution < 1.29 is 9.90 Å². The third-order valence-electron chi connectivity index (χ3n) is 2.45. The molecule has 0 unspecified atom stereocenters. The number of aromatic nitrogens is 3. The monoisotopic (exact) mass is 253 g/mol. The molecule has 19 heavy (non-hydrogen) atoms. The van der Waals surface area contributed by atoms with Crippen LogP contribution in [0.25, 0.3) is 5.82 Å². The minimum Gasteiger partial charge on any atom is -0.478 e. The van der Waals surface area contributed by atoms with Crippen LogP contribution < -0.4 is 0 Å². The Labute approximate surface area is 108 Å². The van der Waals surface area contributed by atoms with Crippen LogP contribution in [0.2, 0.25) is 0 Å². The fourth-order valence-corrected chi connectivity index (χ4v) is 1.59. The van der Waals surface area contributed by atoms with Gasteiger partial charge < -0.3 is 5.11 Å². The lowest BCUT2D eigenvalue weighted by Crippen LogP contribution is -2.09. The van der Waals surface area contributed by atoms with E-state index >= 15 is 0 Å². The first kappa shape index (κ1) is 12.3. The predicted molar refractivity (Wildman–Crippen MR) is 62.5 cm³/mol. The Bertz CT molecular complexity index is 748. The average Bonchev–Trinajstić information content (AvgIpc) is 2.80. The van der Waals surface area contributed by atoms with Crippen LogP contribution in [0.1, 0.15) is 27.4 Å². The number of rotatable bonds is 2. The standard InChI is InChI=1S/C12H7N5O2/c1-7-2-3-8(12(18)19)11(16-7)17-6-15-9(4-13)10(17)5-14/h2-3,6H,1H3,(H,18,19). The summed E-state index contributed by atoms with van der Waals surface area (Å²) in [4.78, 5) is 19.0. The molecule has 1 N–H and O–H groups in total. The Hall–Kier alpha value is -3.19. The van der Waals surface area contributed by atoms with Gasteiger partial charge in [0, 0.05) is 5.69 Å². The fraction of sp³-hybridized carbons (Fsp3) is 0.0833. The van der Waals surface area contributed by atoms with Crippen LogP contribution in [0.4, 0.5) is 0 Å². The van der Waals surface area contributed by atoms with E-state index in [4.69, 9.17) is 15.6 Å². The molecule has 7 nitrogen and oxygen atoms in total. The number of nitrogens with zero attached hydrogens (tertiary/aromatic N) is 5. The van der Waals surface area contributed by atoms with Crippen LogP contribution in [0.3, 0.4) is 0 Å². The molecule has 0 spiro atoms. The first-order valence-corrected chi connectivity index (χ1v) is 5.17. The molecule has 0 bridgehead atoms. The van der Waals surface area contributed by atoms with Crippen molar-refractivity contribution in [2.75, 3.05) is 0 Å². The summed E-state index contributed by atoms with van der Waals surface area (Å²) >= 11 is 0. The number of hydrogen-bond acceptors (Lipinski definition) is 5. The maximum atomic E-state index is 11.2. The highest BCUT2D eigenvalue weighted by Crippen LogP contribution is 2.17. The molecule has 2 aromatic rings. The van der Waals surface area contributed by atoms with Gasteiger partial charge in [0.25, 0.3) is 0 Å². The van der Waals surface area contributed by atoms with Crippen molar-refractivity contribution >= 4 is 5.97 Å². The van der Waals surface area contributed by atoms with Gasteiger partial charge in [-0.05, 0) is 19.1 Å². The number of aryl methyl sites for hydroxylation is 1. The highest BCUT2D eigenvalue weighted by molar-refractivity contribution is 5.91. The molecule has 7 heteroatoms. The number of carbonyl (C=O) groups is 1. The third-order valence-corrected chi connectivity index (χ3v) is 2.45. The highest BCUT2D eigenvalue weighted by atomic mass is 16.4. The number of aromatic carboxylic acids is 1. The summed E-state index contributed by atoms with van der Waals surface area (Å²) in [5.74, 6) is -1.10. The van der Waals surface area contributed by atoms with E-state index in [2.05, 4.69) is 9.97 Å².